The molecule has 0 radical (unpaired) electrons. The van der Waals surface area contributed by atoms with Gasteiger partial charge in [-0.25, -0.2) is 9.78 Å². The first-order chi connectivity index (χ1) is 12.2. The quantitative estimate of drug-likeness (QED) is 0.843. The molecule has 7 heteroatoms. The summed E-state index contributed by atoms with van der Waals surface area (Å²) < 4.78 is 1.80. The molecule has 0 bridgehead atoms. The van der Waals surface area contributed by atoms with Crippen molar-refractivity contribution >= 4 is 11.8 Å². The number of amides is 2. The van der Waals surface area contributed by atoms with E-state index in [0.717, 1.165) is 24.5 Å². The molecule has 0 saturated carbocycles. The Morgan fingerprint density at radius 3 is 2.80 bits per heavy atom. The molecule has 0 aliphatic carbocycles. The molecular formula is C18H26N6O. The topological polar surface area (TPSA) is 75.1 Å². The lowest BCUT2D eigenvalue weighted by atomic mass is 10.1. The Morgan fingerprint density at radius 1 is 1.28 bits per heavy atom. The van der Waals surface area contributed by atoms with Crippen LogP contribution in [0.2, 0.25) is 0 Å². The second-order valence-corrected chi connectivity index (χ2v) is 6.53. The third kappa shape index (κ3) is 5.20. The highest BCUT2D eigenvalue weighted by Gasteiger charge is 2.12. The molecule has 134 valence electrons. The van der Waals surface area contributed by atoms with E-state index in [9.17, 15) is 4.79 Å². The minimum atomic E-state index is -0.181. The van der Waals surface area contributed by atoms with Gasteiger partial charge < -0.3 is 15.5 Å². The van der Waals surface area contributed by atoms with Crippen molar-refractivity contribution in [3.63, 3.8) is 0 Å². The van der Waals surface area contributed by atoms with Gasteiger partial charge >= 0.3 is 6.03 Å². The van der Waals surface area contributed by atoms with Gasteiger partial charge in [-0.1, -0.05) is 6.07 Å². The maximum absolute atomic E-state index is 12.0. The van der Waals surface area contributed by atoms with Gasteiger partial charge in [-0.15, -0.1) is 0 Å². The summed E-state index contributed by atoms with van der Waals surface area (Å²) in [6, 6.07) is 5.76. The molecular weight excluding hydrogens is 316 g/mol. The van der Waals surface area contributed by atoms with Crippen LogP contribution in [0.3, 0.4) is 0 Å². The van der Waals surface area contributed by atoms with Gasteiger partial charge in [0.2, 0.25) is 0 Å². The molecule has 7 nitrogen and oxygen atoms in total. The SMILES string of the molecule is C[C@@H](Cn1cccn1)NC(=O)NCc1ccc(N2CCCCC2)nc1. The van der Waals surface area contributed by atoms with Crippen LogP contribution in [-0.4, -0.2) is 39.9 Å². The van der Waals surface area contributed by atoms with Gasteiger partial charge in [-0.3, -0.25) is 4.68 Å². The van der Waals surface area contributed by atoms with Crippen molar-refractivity contribution in [3.8, 4) is 0 Å². The molecule has 3 heterocycles. The van der Waals surface area contributed by atoms with Crippen LogP contribution in [0.15, 0.2) is 36.8 Å². The van der Waals surface area contributed by atoms with Gasteiger partial charge in [0.15, 0.2) is 0 Å². The standard InChI is InChI=1S/C18H26N6O/c1-15(14-24-11-5-8-21-24)22-18(25)20-13-16-6-7-17(19-12-16)23-9-3-2-4-10-23/h5-8,11-12,15H,2-4,9-10,13-14H2,1H3,(H2,20,22,25)/t15-/m0/s1. The number of carbonyl (C=O) groups excluding carboxylic acids is 1. The average molecular weight is 342 g/mol. The summed E-state index contributed by atoms with van der Waals surface area (Å²) in [4.78, 5) is 18.8. The number of rotatable bonds is 6. The van der Waals surface area contributed by atoms with Crippen LogP contribution < -0.4 is 15.5 Å². The number of pyridine rings is 1. The monoisotopic (exact) mass is 342 g/mol. The number of aromatic nitrogens is 3. The fraction of sp³-hybridized carbons (Fsp3) is 0.500. The highest BCUT2D eigenvalue weighted by atomic mass is 16.2. The Balaban J connectivity index is 1.42. The molecule has 1 fully saturated rings. The predicted octanol–water partition coefficient (Wildman–Crippen LogP) is 2.16. The maximum Gasteiger partial charge on any atom is 0.315 e. The summed E-state index contributed by atoms with van der Waals surface area (Å²) in [6.07, 6.45) is 9.24. The number of carbonyl (C=O) groups is 1. The van der Waals surface area contributed by atoms with Crippen molar-refractivity contribution in [2.24, 2.45) is 0 Å². The molecule has 1 aliphatic heterocycles. The lowest BCUT2D eigenvalue weighted by molar-refractivity contribution is 0.235. The molecule has 1 atom stereocenters. The molecule has 2 amide bonds. The van der Waals surface area contributed by atoms with Crippen LogP contribution in [0, 0.1) is 0 Å². The predicted molar refractivity (Wildman–Crippen MR) is 97.4 cm³/mol. The molecule has 25 heavy (non-hydrogen) atoms. The molecule has 2 aromatic rings. The summed E-state index contributed by atoms with van der Waals surface area (Å²) in [5, 5.41) is 9.92. The first-order valence-corrected chi connectivity index (χ1v) is 8.92. The number of piperidine rings is 1. The largest absolute Gasteiger partial charge is 0.357 e. The molecule has 0 spiro atoms. The van der Waals surface area contributed by atoms with Gasteiger partial charge in [0.25, 0.3) is 0 Å². The summed E-state index contributed by atoms with van der Waals surface area (Å²) >= 11 is 0. The highest BCUT2D eigenvalue weighted by molar-refractivity contribution is 5.74. The van der Waals surface area contributed by atoms with Crippen molar-refractivity contribution < 1.29 is 4.79 Å². The summed E-state index contributed by atoms with van der Waals surface area (Å²) in [7, 11) is 0. The Labute approximate surface area is 148 Å². The number of hydrogen-bond acceptors (Lipinski definition) is 4. The van der Waals surface area contributed by atoms with Crippen LogP contribution >= 0.6 is 0 Å². The van der Waals surface area contributed by atoms with E-state index in [4.69, 9.17) is 0 Å². The summed E-state index contributed by atoms with van der Waals surface area (Å²) in [6.45, 7) is 5.23. The smallest absolute Gasteiger partial charge is 0.315 e. The first kappa shape index (κ1) is 17.3. The number of anilines is 1. The zero-order valence-corrected chi connectivity index (χ0v) is 14.7. The molecule has 1 saturated heterocycles. The normalized spacial score (nSPS) is 15.6. The van der Waals surface area contributed by atoms with Crippen LogP contribution in [0.1, 0.15) is 31.7 Å². The van der Waals surface area contributed by atoms with E-state index in [2.05, 4.69) is 25.6 Å². The van der Waals surface area contributed by atoms with Crippen LogP contribution in [0.25, 0.3) is 0 Å². The number of urea groups is 1. The van der Waals surface area contributed by atoms with Gasteiger partial charge in [-0.2, -0.15) is 5.10 Å². The van der Waals surface area contributed by atoms with Crippen LogP contribution in [-0.2, 0) is 13.1 Å². The van der Waals surface area contributed by atoms with E-state index in [1.54, 1.807) is 10.9 Å². The Hall–Kier alpha value is -2.57. The Bertz CT molecular complexity index is 649. The third-order valence-electron chi connectivity index (χ3n) is 4.34. The molecule has 0 aromatic carbocycles. The molecule has 3 rings (SSSR count). The first-order valence-electron chi connectivity index (χ1n) is 8.92. The second-order valence-electron chi connectivity index (χ2n) is 6.53. The van der Waals surface area contributed by atoms with E-state index in [0.29, 0.717) is 13.1 Å². The fourth-order valence-corrected chi connectivity index (χ4v) is 3.02. The molecule has 0 unspecified atom stereocenters. The van der Waals surface area contributed by atoms with Crippen molar-refractivity contribution in [2.45, 2.75) is 45.3 Å². The molecule has 2 N–H and O–H groups in total. The van der Waals surface area contributed by atoms with Crippen LogP contribution in [0.5, 0.6) is 0 Å². The van der Waals surface area contributed by atoms with E-state index in [1.807, 2.05) is 37.5 Å². The van der Waals surface area contributed by atoms with E-state index in [1.165, 1.54) is 19.3 Å². The van der Waals surface area contributed by atoms with E-state index in [-0.39, 0.29) is 12.1 Å². The average Bonchev–Trinajstić information content (AvgIpc) is 3.14. The number of hydrogen-bond donors (Lipinski definition) is 2. The number of nitrogens with zero attached hydrogens (tertiary/aromatic N) is 4. The second kappa shape index (κ2) is 8.50. The van der Waals surface area contributed by atoms with Gasteiger partial charge in [0.05, 0.1) is 6.54 Å². The third-order valence-corrected chi connectivity index (χ3v) is 4.34. The Morgan fingerprint density at radius 2 is 2.12 bits per heavy atom. The number of nitrogens with one attached hydrogen (secondary N) is 2. The van der Waals surface area contributed by atoms with Crippen molar-refractivity contribution in [1.82, 2.24) is 25.4 Å². The van der Waals surface area contributed by atoms with Gasteiger partial charge in [0, 0.05) is 44.3 Å². The lowest BCUT2D eigenvalue weighted by Crippen LogP contribution is -2.42. The summed E-state index contributed by atoms with van der Waals surface area (Å²) in [5.74, 6) is 1.03. The molecule has 2 aromatic heterocycles. The maximum atomic E-state index is 12.0. The Kier molecular flexibility index (Phi) is 5.87. The van der Waals surface area contributed by atoms with Crippen molar-refractivity contribution in [3.05, 3.63) is 42.4 Å². The minimum Gasteiger partial charge on any atom is -0.357 e. The fourth-order valence-electron chi connectivity index (χ4n) is 3.02. The zero-order valence-electron chi connectivity index (χ0n) is 14.7. The van der Waals surface area contributed by atoms with E-state index >= 15 is 0 Å². The van der Waals surface area contributed by atoms with Gasteiger partial charge in [0.1, 0.15) is 5.82 Å². The summed E-state index contributed by atoms with van der Waals surface area (Å²) in [5.41, 5.74) is 0.996. The highest BCUT2D eigenvalue weighted by Crippen LogP contribution is 2.17. The van der Waals surface area contributed by atoms with E-state index < -0.39 is 0 Å². The van der Waals surface area contributed by atoms with Crippen molar-refractivity contribution in [1.29, 1.82) is 0 Å². The minimum absolute atomic E-state index is 0.000461. The molecule has 1 aliphatic rings. The van der Waals surface area contributed by atoms with Gasteiger partial charge in [-0.05, 0) is 43.9 Å². The lowest BCUT2D eigenvalue weighted by Gasteiger charge is -2.27. The van der Waals surface area contributed by atoms with Crippen molar-refractivity contribution in [2.75, 3.05) is 18.0 Å². The van der Waals surface area contributed by atoms with Crippen LogP contribution in [0.4, 0.5) is 10.6 Å². The zero-order chi connectivity index (χ0) is 17.5.